The van der Waals surface area contributed by atoms with Gasteiger partial charge in [-0.25, -0.2) is 19.6 Å². The molecule has 0 aliphatic heterocycles. The Bertz CT molecular complexity index is 1380. The van der Waals surface area contributed by atoms with E-state index >= 15 is 0 Å². The highest BCUT2D eigenvalue weighted by molar-refractivity contribution is 5.95. The molecule has 0 heterocycles. The number of rotatable bonds is 12. The standard InChI is InChI=1S/C29H34N6O6/c1-21-12-13-24(32-28(38)34(14-16-36)30-19-22-8-4-6-10-26(22)40-2)18-25(21)33-29(39)35(15-17-37)31-20-23-9-5-7-11-27(23)41-3/h4-13,18-20,36-37H,14-17H2,1-3H3,(H,32,38)(H,33,39)/b30-19+,31-20+. The molecule has 0 radical (unpaired) electrons. The van der Waals surface area contributed by atoms with E-state index in [-0.39, 0.29) is 26.3 Å². The van der Waals surface area contributed by atoms with Crippen LogP contribution in [0.2, 0.25) is 0 Å². The van der Waals surface area contributed by atoms with Crippen molar-refractivity contribution in [1.82, 2.24) is 10.0 Å². The van der Waals surface area contributed by atoms with Crippen LogP contribution < -0.4 is 20.1 Å². The van der Waals surface area contributed by atoms with Crippen LogP contribution in [0, 0.1) is 6.92 Å². The SMILES string of the molecule is COc1ccccc1/C=N/N(CCO)C(=O)Nc1ccc(C)c(NC(=O)N(CCO)/N=C/c2ccccc2OC)c1. The minimum Gasteiger partial charge on any atom is -0.496 e. The number of aliphatic hydroxyl groups is 2. The molecule has 0 aliphatic rings. The fraction of sp³-hybridized carbons (Fsp3) is 0.241. The summed E-state index contributed by atoms with van der Waals surface area (Å²) in [6.45, 7) is 1.09. The number of benzene rings is 3. The maximum Gasteiger partial charge on any atom is 0.342 e. The van der Waals surface area contributed by atoms with Crippen molar-refractivity contribution < 1.29 is 29.3 Å². The van der Waals surface area contributed by atoms with E-state index in [0.717, 1.165) is 15.6 Å². The van der Waals surface area contributed by atoms with Crippen LogP contribution >= 0.6 is 0 Å². The number of anilines is 2. The van der Waals surface area contributed by atoms with Gasteiger partial charge in [0.25, 0.3) is 0 Å². The molecule has 3 aromatic rings. The molecule has 0 bridgehead atoms. The third-order valence-electron chi connectivity index (χ3n) is 5.77. The highest BCUT2D eigenvalue weighted by atomic mass is 16.5. The van der Waals surface area contributed by atoms with E-state index in [9.17, 15) is 19.8 Å². The summed E-state index contributed by atoms with van der Waals surface area (Å²) < 4.78 is 10.6. The van der Waals surface area contributed by atoms with Gasteiger partial charge in [-0.2, -0.15) is 10.2 Å². The number of methoxy groups -OCH3 is 2. The second-order valence-corrected chi connectivity index (χ2v) is 8.56. The fourth-order valence-corrected chi connectivity index (χ4v) is 3.62. The Kier molecular flexibility index (Phi) is 11.6. The maximum atomic E-state index is 13.0. The topological polar surface area (TPSA) is 148 Å². The Balaban J connectivity index is 1.74. The number of hydrazone groups is 2. The highest BCUT2D eigenvalue weighted by Crippen LogP contribution is 2.22. The molecule has 3 rings (SSSR count). The predicted molar refractivity (Wildman–Crippen MR) is 158 cm³/mol. The van der Waals surface area contributed by atoms with Crippen LogP contribution in [-0.4, -0.2) is 85.2 Å². The third kappa shape index (κ3) is 8.78. The molecule has 12 heteroatoms. The molecule has 0 spiro atoms. The van der Waals surface area contributed by atoms with Gasteiger partial charge >= 0.3 is 12.1 Å². The van der Waals surface area contributed by atoms with Crippen molar-refractivity contribution in [3.05, 3.63) is 83.4 Å². The smallest absolute Gasteiger partial charge is 0.342 e. The predicted octanol–water partition coefficient (Wildman–Crippen LogP) is 3.73. The molecule has 41 heavy (non-hydrogen) atoms. The summed E-state index contributed by atoms with van der Waals surface area (Å²) in [5, 5.41) is 35.0. The second kappa shape index (κ2) is 15.6. The number of nitrogens with zero attached hydrogens (tertiary/aromatic N) is 4. The first-order chi connectivity index (χ1) is 19.9. The van der Waals surface area contributed by atoms with Crippen LogP contribution in [0.25, 0.3) is 0 Å². The van der Waals surface area contributed by atoms with Gasteiger partial charge < -0.3 is 30.3 Å². The molecule has 0 atom stereocenters. The Morgan fingerprint density at radius 2 is 1.27 bits per heavy atom. The Morgan fingerprint density at radius 3 is 1.76 bits per heavy atom. The van der Waals surface area contributed by atoms with Crippen LogP contribution in [0.3, 0.4) is 0 Å². The van der Waals surface area contributed by atoms with E-state index in [0.29, 0.717) is 34.0 Å². The molecule has 0 saturated heterocycles. The van der Waals surface area contributed by atoms with Crippen LogP contribution in [0.1, 0.15) is 16.7 Å². The van der Waals surface area contributed by atoms with E-state index in [1.807, 2.05) is 24.3 Å². The van der Waals surface area contributed by atoms with E-state index in [1.165, 1.54) is 26.6 Å². The summed E-state index contributed by atoms with van der Waals surface area (Å²) in [5.74, 6) is 1.17. The molecule has 0 saturated carbocycles. The van der Waals surface area contributed by atoms with E-state index in [4.69, 9.17) is 9.47 Å². The number of hydrogen-bond donors (Lipinski definition) is 4. The average Bonchev–Trinajstić information content (AvgIpc) is 2.99. The zero-order valence-electron chi connectivity index (χ0n) is 23.2. The van der Waals surface area contributed by atoms with Gasteiger partial charge in [-0.05, 0) is 48.9 Å². The number of nitrogens with one attached hydrogen (secondary N) is 2. The summed E-state index contributed by atoms with van der Waals surface area (Å²) >= 11 is 0. The lowest BCUT2D eigenvalue weighted by molar-refractivity contribution is 0.191. The molecule has 12 nitrogen and oxygen atoms in total. The maximum absolute atomic E-state index is 13.0. The van der Waals surface area contributed by atoms with Crippen molar-refractivity contribution in [3.8, 4) is 11.5 Å². The monoisotopic (exact) mass is 562 g/mol. The molecule has 0 unspecified atom stereocenters. The van der Waals surface area contributed by atoms with Crippen LogP contribution in [0.15, 0.2) is 76.9 Å². The van der Waals surface area contributed by atoms with Crippen molar-refractivity contribution >= 4 is 35.9 Å². The van der Waals surface area contributed by atoms with Gasteiger partial charge in [-0.3, -0.25) is 0 Å². The number of ether oxygens (including phenoxy) is 2. The number of hydrogen-bond acceptors (Lipinski definition) is 8. The normalized spacial score (nSPS) is 11.0. The second-order valence-electron chi connectivity index (χ2n) is 8.56. The first kappa shape index (κ1) is 30.6. The molecule has 216 valence electrons. The van der Waals surface area contributed by atoms with E-state index in [1.54, 1.807) is 49.4 Å². The van der Waals surface area contributed by atoms with Crippen LogP contribution in [0.5, 0.6) is 11.5 Å². The number of urea groups is 2. The van der Waals surface area contributed by atoms with Gasteiger partial charge in [0.05, 0.1) is 53.0 Å². The van der Waals surface area contributed by atoms with Gasteiger partial charge in [0.15, 0.2) is 0 Å². The Morgan fingerprint density at radius 1 is 0.780 bits per heavy atom. The molecular weight excluding hydrogens is 528 g/mol. The molecular formula is C29H34N6O6. The average molecular weight is 563 g/mol. The first-order valence-electron chi connectivity index (χ1n) is 12.7. The highest BCUT2D eigenvalue weighted by Gasteiger charge is 2.16. The molecule has 3 aromatic carbocycles. The van der Waals surface area contributed by atoms with E-state index in [2.05, 4.69) is 20.8 Å². The molecule has 0 aliphatic carbocycles. The number of carbonyl (C=O) groups is 2. The molecule has 4 amide bonds. The fourth-order valence-electron chi connectivity index (χ4n) is 3.62. The van der Waals surface area contributed by atoms with Crippen molar-refractivity contribution in [1.29, 1.82) is 0 Å². The lowest BCUT2D eigenvalue weighted by Gasteiger charge is -2.19. The third-order valence-corrected chi connectivity index (χ3v) is 5.77. The zero-order chi connectivity index (χ0) is 29.6. The number of aliphatic hydroxyl groups excluding tert-OH is 2. The minimum atomic E-state index is -0.588. The lowest BCUT2D eigenvalue weighted by Crippen LogP contribution is -2.34. The van der Waals surface area contributed by atoms with Crippen LogP contribution in [0.4, 0.5) is 21.0 Å². The van der Waals surface area contributed by atoms with E-state index < -0.39 is 12.1 Å². The van der Waals surface area contributed by atoms with Gasteiger partial charge in [0, 0.05) is 22.5 Å². The summed E-state index contributed by atoms with van der Waals surface area (Å²) in [7, 11) is 3.07. The Hall–Kier alpha value is -4.94. The first-order valence-corrected chi connectivity index (χ1v) is 12.7. The Labute approximate surface area is 238 Å². The van der Waals surface area contributed by atoms with Crippen LogP contribution in [-0.2, 0) is 0 Å². The lowest BCUT2D eigenvalue weighted by atomic mass is 10.2. The molecule has 0 fully saturated rings. The summed E-state index contributed by atoms with van der Waals surface area (Å²) in [5.41, 5.74) is 2.86. The molecule has 4 N–H and O–H groups in total. The number of aryl methyl sites for hydroxylation is 1. The summed E-state index contributed by atoms with van der Waals surface area (Å²) in [6.07, 6.45) is 2.94. The van der Waals surface area contributed by atoms with Gasteiger partial charge in [0.1, 0.15) is 11.5 Å². The van der Waals surface area contributed by atoms with Gasteiger partial charge in [0.2, 0.25) is 0 Å². The minimum absolute atomic E-state index is 0.0483. The quantitative estimate of drug-likeness (QED) is 0.195. The van der Waals surface area contributed by atoms with Crippen molar-refractivity contribution in [3.63, 3.8) is 0 Å². The number of para-hydroxylation sites is 2. The number of carbonyl (C=O) groups excluding carboxylic acids is 2. The molecule has 0 aromatic heterocycles. The summed E-state index contributed by atoms with van der Waals surface area (Å²) in [4.78, 5) is 26.0. The number of amides is 4. The van der Waals surface area contributed by atoms with Crippen molar-refractivity contribution in [2.24, 2.45) is 10.2 Å². The van der Waals surface area contributed by atoms with Crippen molar-refractivity contribution in [2.45, 2.75) is 6.92 Å². The zero-order valence-corrected chi connectivity index (χ0v) is 23.2. The van der Waals surface area contributed by atoms with Crippen molar-refractivity contribution in [2.75, 3.05) is 51.2 Å². The largest absolute Gasteiger partial charge is 0.496 e. The van der Waals surface area contributed by atoms with Gasteiger partial charge in [-0.15, -0.1) is 0 Å². The summed E-state index contributed by atoms with van der Waals surface area (Å²) in [6, 6.07) is 18.2. The van der Waals surface area contributed by atoms with Gasteiger partial charge in [-0.1, -0.05) is 30.3 Å².